The number of methoxy groups -OCH3 is 1. The first-order valence-electron chi connectivity index (χ1n) is 6.34. The van der Waals surface area contributed by atoms with E-state index in [1.165, 1.54) is 7.11 Å². The summed E-state index contributed by atoms with van der Waals surface area (Å²) >= 11 is 0. The largest absolute Gasteiger partial charge is 0.453 e. The van der Waals surface area contributed by atoms with Crippen LogP contribution < -0.4 is 0 Å². The van der Waals surface area contributed by atoms with E-state index in [-0.39, 0.29) is 29.9 Å². The molecule has 2 bridgehead atoms. The highest BCUT2D eigenvalue weighted by Gasteiger charge is 2.46. The standard InChI is InChI=1S/C15H15NO3/c1-19-15(18)16-11-7-8-12(16)14(13(17)9-11)10-5-3-2-4-6-10/h2-8,11-12,14H,9H2,1H3/t11-,12+,14?/m0/s1. The summed E-state index contributed by atoms with van der Waals surface area (Å²) in [6, 6.07) is 9.24. The van der Waals surface area contributed by atoms with Gasteiger partial charge < -0.3 is 4.74 Å². The first-order valence-corrected chi connectivity index (χ1v) is 6.34. The van der Waals surface area contributed by atoms with Gasteiger partial charge in [0.15, 0.2) is 0 Å². The van der Waals surface area contributed by atoms with Gasteiger partial charge in [-0.1, -0.05) is 42.5 Å². The summed E-state index contributed by atoms with van der Waals surface area (Å²) in [5.41, 5.74) is 0.955. The Balaban J connectivity index is 1.98. The van der Waals surface area contributed by atoms with Gasteiger partial charge in [0, 0.05) is 6.42 Å². The number of carbonyl (C=O) groups is 2. The second kappa shape index (κ2) is 4.53. The predicted molar refractivity (Wildman–Crippen MR) is 69.8 cm³/mol. The number of carbonyl (C=O) groups excluding carboxylic acids is 2. The van der Waals surface area contributed by atoms with Crippen LogP contribution in [-0.4, -0.2) is 36.0 Å². The minimum Gasteiger partial charge on any atom is -0.453 e. The summed E-state index contributed by atoms with van der Waals surface area (Å²) in [7, 11) is 1.37. The molecule has 0 saturated carbocycles. The van der Waals surface area contributed by atoms with Crippen molar-refractivity contribution in [2.75, 3.05) is 7.11 Å². The fraction of sp³-hybridized carbons (Fsp3) is 0.333. The Bertz CT molecular complexity index is 538. The van der Waals surface area contributed by atoms with E-state index in [0.717, 1.165) is 5.56 Å². The van der Waals surface area contributed by atoms with E-state index in [4.69, 9.17) is 4.74 Å². The fourth-order valence-electron chi connectivity index (χ4n) is 3.02. The van der Waals surface area contributed by atoms with Gasteiger partial charge in [0.05, 0.1) is 25.1 Å². The fourth-order valence-corrected chi connectivity index (χ4v) is 3.02. The van der Waals surface area contributed by atoms with E-state index in [0.29, 0.717) is 6.42 Å². The van der Waals surface area contributed by atoms with Crippen LogP contribution in [0.5, 0.6) is 0 Å². The first-order chi connectivity index (χ1) is 9.22. The molecule has 4 nitrogen and oxygen atoms in total. The average molecular weight is 257 g/mol. The summed E-state index contributed by atoms with van der Waals surface area (Å²) in [6.07, 6.45) is 3.88. The van der Waals surface area contributed by atoms with Gasteiger partial charge in [-0.25, -0.2) is 4.79 Å². The number of amides is 1. The van der Waals surface area contributed by atoms with Gasteiger partial charge in [0.25, 0.3) is 0 Å². The number of Topliss-reactive ketones (excluding diaryl/α,β-unsaturated/α-hetero) is 1. The maximum Gasteiger partial charge on any atom is 0.410 e. The lowest BCUT2D eigenvalue weighted by Gasteiger charge is -2.38. The smallest absolute Gasteiger partial charge is 0.410 e. The quantitative estimate of drug-likeness (QED) is 0.724. The summed E-state index contributed by atoms with van der Waals surface area (Å²) in [6.45, 7) is 0. The van der Waals surface area contributed by atoms with Crippen LogP contribution in [0, 0.1) is 0 Å². The van der Waals surface area contributed by atoms with Crippen molar-refractivity contribution in [1.29, 1.82) is 0 Å². The second-order valence-corrected chi connectivity index (χ2v) is 4.88. The Morgan fingerprint density at radius 3 is 2.68 bits per heavy atom. The number of piperidine rings is 1. The molecule has 3 atom stereocenters. The van der Waals surface area contributed by atoms with Crippen LogP contribution >= 0.6 is 0 Å². The van der Waals surface area contributed by atoms with E-state index < -0.39 is 0 Å². The van der Waals surface area contributed by atoms with Gasteiger partial charge in [-0.3, -0.25) is 9.69 Å². The predicted octanol–water partition coefficient (Wildman–Crippen LogP) is 2.12. The van der Waals surface area contributed by atoms with Crippen molar-refractivity contribution in [3.63, 3.8) is 0 Å². The third-order valence-corrected chi connectivity index (χ3v) is 3.85. The van der Waals surface area contributed by atoms with Crippen molar-refractivity contribution in [2.45, 2.75) is 24.4 Å². The molecule has 0 N–H and O–H groups in total. The molecule has 1 aromatic carbocycles. The molecule has 2 heterocycles. The van der Waals surface area contributed by atoms with Crippen LogP contribution in [0.1, 0.15) is 17.9 Å². The van der Waals surface area contributed by atoms with Gasteiger partial charge in [-0.15, -0.1) is 0 Å². The molecule has 1 fully saturated rings. The lowest BCUT2D eigenvalue weighted by atomic mass is 9.83. The van der Waals surface area contributed by atoms with Crippen LogP contribution in [-0.2, 0) is 9.53 Å². The van der Waals surface area contributed by atoms with Crippen LogP contribution in [0.3, 0.4) is 0 Å². The molecule has 2 aliphatic heterocycles. The Kier molecular flexibility index (Phi) is 2.85. The number of benzene rings is 1. The summed E-state index contributed by atoms with van der Waals surface area (Å²) in [5.74, 6) is -0.0957. The lowest BCUT2D eigenvalue weighted by Crippen LogP contribution is -2.51. The molecular formula is C15H15NO3. The van der Waals surface area contributed by atoms with E-state index in [2.05, 4.69) is 0 Å². The molecule has 98 valence electrons. The van der Waals surface area contributed by atoms with Gasteiger partial charge >= 0.3 is 6.09 Å². The van der Waals surface area contributed by atoms with Crippen molar-refractivity contribution in [1.82, 2.24) is 4.90 Å². The minimum absolute atomic E-state index is 0.148. The van der Waals surface area contributed by atoms with E-state index in [1.54, 1.807) is 4.90 Å². The maximum atomic E-state index is 12.3. The van der Waals surface area contributed by atoms with Gasteiger partial charge in [-0.05, 0) is 5.56 Å². The van der Waals surface area contributed by atoms with E-state index >= 15 is 0 Å². The number of nitrogens with zero attached hydrogens (tertiary/aromatic N) is 1. The zero-order chi connectivity index (χ0) is 13.4. The molecule has 3 rings (SSSR count). The molecule has 0 aromatic heterocycles. The van der Waals surface area contributed by atoms with Crippen molar-refractivity contribution < 1.29 is 14.3 Å². The molecular weight excluding hydrogens is 242 g/mol. The normalized spacial score (nSPS) is 28.6. The van der Waals surface area contributed by atoms with Crippen molar-refractivity contribution >= 4 is 11.9 Å². The molecule has 1 amide bonds. The van der Waals surface area contributed by atoms with Gasteiger partial charge in [0.1, 0.15) is 5.78 Å². The summed E-state index contributed by atoms with van der Waals surface area (Å²) in [5, 5.41) is 0. The van der Waals surface area contributed by atoms with Crippen molar-refractivity contribution in [3.05, 3.63) is 48.0 Å². The molecule has 2 aliphatic rings. The number of ether oxygens (including phenoxy) is 1. The summed E-state index contributed by atoms with van der Waals surface area (Å²) < 4.78 is 4.83. The zero-order valence-electron chi connectivity index (χ0n) is 10.7. The molecule has 0 spiro atoms. The number of rotatable bonds is 1. The van der Waals surface area contributed by atoms with Crippen LogP contribution in [0.2, 0.25) is 0 Å². The SMILES string of the molecule is COC(=O)N1[C@@H]2C=C[C@H]1CC(=O)C2c1ccccc1. The lowest BCUT2D eigenvalue weighted by molar-refractivity contribution is -0.124. The highest BCUT2D eigenvalue weighted by atomic mass is 16.5. The summed E-state index contributed by atoms with van der Waals surface area (Å²) in [4.78, 5) is 25.8. The van der Waals surface area contributed by atoms with Gasteiger partial charge in [0.2, 0.25) is 0 Å². The van der Waals surface area contributed by atoms with E-state index in [9.17, 15) is 9.59 Å². The van der Waals surface area contributed by atoms with Crippen LogP contribution in [0.4, 0.5) is 4.79 Å². The maximum absolute atomic E-state index is 12.3. The Labute approximate surface area is 111 Å². The molecule has 0 aliphatic carbocycles. The van der Waals surface area contributed by atoms with E-state index in [1.807, 2.05) is 42.5 Å². The molecule has 0 radical (unpaired) electrons. The van der Waals surface area contributed by atoms with Crippen LogP contribution in [0.25, 0.3) is 0 Å². The number of hydrogen-bond acceptors (Lipinski definition) is 3. The minimum atomic E-state index is -0.367. The van der Waals surface area contributed by atoms with Gasteiger partial charge in [-0.2, -0.15) is 0 Å². The molecule has 1 unspecified atom stereocenters. The Morgan fingerprint density at radius 1 is 1.26 bits per heavy atom. The molecule has 4 heteroatoms. The Morgan fingerprint density at radius 2 is 2.00 bits per heavy atom. The third kappa shape index (κ3) is 1.84. The van der Waals surface area contributed by atoms with Crippen molar-refractivity contribution in [2.24, 2.45) is 0 Å². The average Bonchev–Trinajstić information content (AvgIpc) is 2.75. The topological polar surface area (TPSA) is 46.6 Å². The highest BCUT2D eigenvalue weighted by Crippen LogP contribution is 2.38. The molecule has 1 saturated heterocycles. The first kappa shape index (κ1) is 12.0. The number of ketones is 1. The second-order valence-electron chi connectivity index (χ2n) is 4.88. The number of fused-ring (bicyclic) bond motifs is 2. The highest BCUT2D eigenvalue weighted by molar-refractivity contribution is 5.91. The monoisotopic (exact) mass is 257 g/mol. The molecule has 19 heavy (non-hydrogen) atoms. The number of hydrogen-bond donors (Lipinski definition) is 0. The third-order valence-electron chi connectivity index (χ3n) is 3.85. The molecule has 1 aromatic rings. The Hall–Kier alpha value is -2.10. The van der Waals surface area contributed by atoms with Crippen LogP contribution in [0.15, 0.2) is 42.5 Å². The zero-order valence-corrected chi connectivity index (χ0v) is 10.7. The van der Waals surface area contributed by atoms with Crippen molar-refractivity contribution in [3.8, 4) is 0 Å².